The van der Waals surface area contributed by atoms with Gasteiger partial charge in [0.25, 0.3) is 15.7 Å². The van der Waals surface area contributed by atoms with Crippen molar-refractivity contribution >= 4 is 44.9 Å². The van der Waals surface area contributed by atoms with Gasteiger partial charge < -0.3 is 5.11 Å². The molecule has 0 atom stereocenters. The Bertz CT molecular complexity index is 1210. The smallest absolute Gasteiger partial charge is 0.295 e. The Balaban J connectivity index is 1.85. The first kappa shape index (κ1) is 21.1. The number of hydrogen-bond donors (Lipinski definition) is 3. The SMILES string of the molecule is O=[N+]([O-])c1cc(S(=O)(=O)Nc2ccc(Cl)cc2)ccc1N/N=C\c1ccccc1O. The van der Waals surface area contributed by atoms with Crippen molar-refractivity contribution in [3.8, 4) is 5.75 Å². The molecule has 0 saturated carbocycles. The highest BCUT2D eigenvalue weighted by atomic mass is 35.5. The maximum atomic E-state index is 12.6. The summed E-state index contributed by atoms with van der Waals surface area (Å²) in [6, 6.07) is 15.7. The van der Waals surface area contributed by atoms with Crippen LogP contribution in [0.25, 0.3) is 0 Å². The third kappa shape index (κ3) is 5.04. The average molecular weight is 447 g/mol. The van der Waals surface area contributed by atoms with Gasteiger partial charge in [-0.05, 0) is 48.5 Å². The standard InChI is InChI=1S/C19H15ClN4O5S/c20-14-5-7-15(8-6-14)23-30(28,29)16-9-10-17(18(11-16)24(26)27)22-21-12-13-3-1-2-4-19(13)25/h1-12,22-23,25H/b21-12-. The van der Waals surface area contributed by atoms with E-state index in [-0.39, 0.29) is 22.0 Å². The zero-order valence-electron chi connectivity index (χ0n) is 15.2. The molecule has 0 aliphatic rings. The first-order valence-corrected chi connectivity index (χ1v) is 10.3. The Labute approximate surface area is 176 Å². The lowest BCUT2D eigenvalue weighted by atomic mass is 10.2. The van der Waals surface area contributed by atoms with Crippen molar-refractivity contribution in [2.24, 2.45) is 5.10 Å². The van der Waals surface area contributed by atoms with Crippen LogP contribution in [0.4, 0.5) is 17.1 Å². The number of nitro benzene ring substituents is 1. The van der Waals surface area contributed by atoms with Gasteiger partial charge in [0.1, 0.15) is 11.4 Å². The van der Waals surface area contributed by atoms with Crippen LogP contribution in [0.1, 0.15) is 5.56 Å². The molecule has 0 aliphatic carbocycles. The normalized spacial score (nSPS) is 11.4. The predicted molar refractivity (Wildman–Crippen MR) is 115 cm³/mol. The molecule has 30 heavy (non-hydrogen) atoms. The van der Waals surface area contributed by atoms with E-state index in [0.29, 0.717) is 10.6 Å². The van der Waals surface area contributed by atoms with Crippen LogP contribution in [0.2, 0.25) is 5.02 Å². The Morgan fingerprint density at radius 1 is 1.07 bits per heavy atom. The number of hydrazone groups is 1. The van der Waals surface area contributed by atoms with Crippen molar-refractivity contribution in [1.82, 2.24) is 0 Å². The summed E-state index contributed by atoms with van der Waals surface area (Å²) in [5, 5.41) is 25.4. The zero-order valence-corrected chi connectivity index (χ0v) is 16.8. The quantitative estimate of drug-likeness (QED) is 0.283. The Kier molecular flexibility index (Phi) is 6.19. The van der Waals surface area contributed by atoms with Crippen LogP contribution in [-0.2, 0) is 10.0 Å². The number of anilines is 2. The second-order valence-corrected chi connectivity index (χ2v) is 8.10. The summed E-state index contributed by atoms with van der Waals surface area (Å²) in [5.41, 5.74) is 2.65. The van der Waals surface area contributed by atoms with Crippen LogP contribution in [0.5, 0.6) is 5.75 Å². The molecule has 0 aliphatic heterocycles. The molecule has 0 radical (unpaired) electrons. The fourth-order valence-corrected chi connectivity index (χ4v) is 3.63. The summed E-state index contributed by atoms with van der Waals surface area (Å²) >= 11 is 5.78. The fourth-order valence-electron chi connectivity index (χ4n) is 2.42. The summed E-state index contributed by atoms with van der Waals surface area (Å²) in [6.07, 6.45) is 1.28. The number of para-hydroxylation sites is 1. The topological polar surface area (TPSA) is 134 Å². The second kappa shape index (κ2) is 8.80. The molecule has 3 aromatic carbocycles. The maximum Gasteiger partial charge on any atom is 0.295 e. The summed E-state index contributed by atoms with van der Waals surface area (Å²) in [5.74, 6) is -0.00716. The number of hydrogen-bond acceptors (Lipinski definition) is 7. The average Bonchev–Trinajstić information content (AvgIpc) is 2.71. The highest BCUT2D eigenvalue weighted by Gasteiger charge is 2.21. The number of phenolic OH excluding ortho intramolecular Hbond substituents is 1. The predicted octanol–water partition coefficient (Wildman–Crippen LogP) is 4.20. The van der Waals surface area contributed by atoms with Crippen molar-refractivity contribution < 1.29 is 18.4 Å². The van der Waals surface area contributed by atoms with Crippen molar-refractivity contribution in [2.75, 3.05) is 10.1 Å². The minimum absolute atomic E-state index is 0.00716. The van der Waals surface area contributed by atoms with E-state index in [4.69, 9.17) is 11.6 Å². The molecule has 154 valence electrons. The van der Waals surface area contributed by atoms with Crippen molar-refractivity contribution in [2.45, 2.75) is 4.90 Å². The van der Waals surface area contributed by atoms with E-state index in [1.54, 1.807) is 18.2 Å². The van der Waals surface area contributed by atoms with Crippen LogP contribution in [-0.4, -0.2) is 24.7 Å². The molecule has 3 aromatic rings. The van der Waals surface area contributed by atoms with Gasteiger partial charge in [0.05, 0.1) is 16.0 Å². The molecule has 0 spiro atoms. The van der Waals surface area contributed by atoms with Crippen LogP contribution in [0.3, 0.4) is 0 Å². The molecule has 0 bridgehead atoms. The van der Waals surface area contributed by atoms with E-state index in [0.717, 1.165) is 6.07 Å². The maximum absolute atomic E-state index is 12.6. The molecule has 0 aromatic heterocycles. The highest BCUT2D eigenvalue weighted by molar-refractivity contribution is 7.92. The summed E-state index contributed by atoms with van der Waals surface area (Å²) in [7, 11) is -4.06. The molecule has 9 nitrogen and oxygen atoms in total. The van der Waals surface area contributed by atoms with E-state index in [9.17, 15) is 23.6 Å². The van der Waals surface area contributed by atoms with Crippen molar-refractivity contribution in [3.63, 3.8) is 0 Å². The van der Waals surface area contributed by atoms with E-state index < -0.39 is 20.6 Å². The molecule has 0 fully saturated rings. The Morgan fingerprint density at radius 3 is 2.43 bits per heavy atom. The number of rotatable bonds is 7. The fraction of sp³-hybridized carbons (Fsp3) is 0. The van der Waals surface area contributed by atoms with E-state index in [2.05, 4.69) is 15.2 Å². The number of sulfonamides is 1. The van der Waals surface area contributed by atoms with Crippen molar-refractivity contribution in [3.05, 3.63) is 87.4 Å². The van der Waals surface area contributed by atoms with Gasteiger partial charge in [-0.15, -0.1) is 0 Å². The molecule has 0 saturated heterocycles. The lowest BCUT2D eigenvalue weighted by Gasteiger charge is -2.09. The summed E-state index contributed by atoms with van der Waals surface area (Å²) < 4.78 is 27.5. The molecule has 11 heteroatoms. The van der Waals surface area contributed by atoms with Gasteiger partial charge in [-0.2, -0.15) is 5.10 Å². The number of nitrogens with one attached hydrogen (secondary N) is 2. The number of phenols is 1. The molecule has 0 amide bonds. The first-order valence-electron chi connectivity index (χ1n) is 8.40. The molecule has 0 heterocycles. The second-order valence-electron chi connectivity index (χ2n) is 5.98. The molecule has 3 N–H and O–H groups in total. The minimum atomic E-state index is -4.06. The largest absolute Gasteiger partial charge is 0.507 e. The van der Waals surface area contributed by atoms with Gasteiger partial charge in [0.2, 0.25) is 0 Å². The monoisotopic (exact) mass is 446 g/mol. The first-order chi connectivity index (χ1) is 14.3. The number of nitrogens with zero attached hydrogens (tertiary/aromatic N) is 2. The lowest BCUT2D eigenvalue weighted by Crippen LogP contribution is -2.13. The van der Waals surface area contributed by atoms with E-state index >= 15 is 0 Å². The third-order valence-electron chi connectivity index (χ3n) is 3.90. The number of halogens is 1. The van der Waals surface area contributed by atoms with Gasteiger partial charge in [0.15, 0.2) is 0 Å². The summed E-state index contributed by atoms with van der Waals surface area (Å²) in [4.78, 5) is 10.4. The highest BCUT2D eigenvalue weighted by Crippen LogP contribution is 2.29. The summed E-state index contributed by atoms with van der Waals surface area (Å²) in [6.45, 7) is 0. The van der Waals surface area contributed by atoms with Crippen LogP contribution < -0.4 is 10.1 Å². The molecular formula is C19H15ClN4O5S. The third-order valence-corrected chi connectivity index (χ3v) is 5.53. The van der Waals surface area contributed by atoms with Crippen molar-refractivity contribution in [1.29, 1.82) is 0 Å². The van der Waals surface area contributed by atoms with Gasteiger partial charge in [0, 0.05) is 22.3 Å². The Hall–Kier alpha value is -3.63. The minimum Gasteiger partial charge on any atom is -0.507 e. The lowest BCUT2D eigenvalue weighted by molar-refractivity contribution is -0.384. The van der Waals surface area contributed by atoms with Crippen LogP contribution in [0.15, 0.2) is 76.7 Å². The van der Waals surface area contributed by atoms with Gasteiger partial charge in [-0.3, -0.25) is 20.3 Å². The van der Waals surface area contributed by atoms with E-state index in [1.165, 1.54) is 48.7 Å². The molecule has 0 unspecified atom stereocenters. The molecule has 3 rings (SSSR count). The molecular weight excluding hydrogens is 432 g/mol. The number of nitro groups is 1. The van der Waals surface area contributed by atoms with Gasteiger partial charge in [-0.1, -0.05) is 23.7 Å². The number of aromatic hydroxyl groups is 1. The van der Waals surface area contributed by atoms with Crippen LogP contribution in [0, 0.1) is 10.1 Å². The van der Waals surface area contributed by atoms with Crippen LogP contribution >= 0.6 is 11.6 Å². The van der Waals surface area contributed by atoms with Gasteiger partial charge in [-0.25, -0.2) is 8.42 Å². The Morgan fingerprint density at radius 2 is 1.77 bits per heavy atom. The number of benzene rings is 3. The van der Waals surface area contributed by atoms with Gasteiger partial charge >= 0.3 is 0 Å². The zero-order chi connectivity index (χ0) is 21.7. The van der Waals surface area contributed by atoms with E-state index in [1.807, 2.05) is 0 Å².